The van der Waals surface area contributed by atoms with Gasteiger partial charge in [0.1, 0.15) is 12.0 Å². The third kappa shape index (κ3) is 4.71. The quantitative estimate of drug-likeness (QED) is 0.488. The van der Waals surface area contributed by atoms with Crippen LogP contribution in [-0.2, 0) is 31.3 Å². The number of nitrogens with one attached hydrogen (secondary N) is 2. The van der Waals surface area contributed by atoms with Gasteiger partial charge in [-0.3, -0.25) is 4.72 Å². The number of anilines is 1. The minimum absolute atomic E-state index is 0.157. The molecule has 3 aromatic rings. The number of sulfonamides is 1. The highest BCUT2D eigenvalue weighted by Gasteiger charge is 2.34. The van der Waals surface area contributed by atoms with Crippen LogP contribution in [0, 0.1) is 0 Å². The SMILES string of the molecule is CCC(CCC1=COCO1)(Cc1ccccc1)c1c[nH]c2c(NS(C)(=O)=O)cccc12. The van der Waals surface area contributed by atoms with Gasteiger partial charge >= 0.3 is 0 Å². The molecule has 1 aliphatic heterocycles. The van der Waals surface area contributed by atoms with Crippen molar-refractivity contribution >= 4 is 26.6 Å². The van der Waals surface area contributed by atoms with Gasteiger partial charge < -0.3 is 14.5 Å². The lowest BCUT2D eigenvalue weighted by Gasteiger charge is -2.33. The Morgan fingerprint density at radius 3 is 2.61 bits per heavy atom. The van der Waals surface area contributed by atoms with Crippen LogP contribution in [0.1, 0.15) is 37.3 Å². The summed E-state index contributed by atoms with van der Waals surface area (Å²) in [7, 11) is -3.38. The normalized spacial score (nSPS) is 15.7. The van der Waals surface area contributed by atoms with E-state index in [1.165, 1.54) is 17.4 Å². The fourth-order valence-electron chi connectivity index (χ4n) is 4.44. The van der Waals surface area contributed by atoms with Crippen molar-refractivity contribution < 1.29 is 17.9 Å². The molecule has 1 aromatic heterocycles. The molecule has 0 radical (unpaired) electrons. The van der Waals surface area contributed by atoms with E-state index >= 15 is 0 Å². The highest BCUT2D eigenvalue weighted by molar-refractivity contribution is 7.92. The minimum atomic E-state index is -3.38. The lowest BCUT2D eigenvalue weighted by Crippen LogP contribution is -2.28. The van der Waals surface area contributed by atoms with Crippen molar-refractivity contribution in [3.8, 4) is 0 Å². The van der Waals surface area contributed by atoms with Crippen molar-refractivity contribution in [2.45, 2.75) is 38.0 Å². The number of fused-ring (bicyclic) bond motifs is 1. The smallest absolute Gasteiger partial charge is 0.229 e. The molecule has 1 unspecified atom stereocenters. The van der Waals surface area contributed by atoms with E-state index in [1.807, 2.05) is 18.3 Å². The number of H-pyrrole nitrogens is 1. The second-order valence-corrected chi connectivity index (χ2v) is 9.86. The van der Waals surface area contributed by atoms with Gasteiger partial charge in [0.05, 0.1) is 17.5 Å². The molecule has 1 aliphatic rings. The number of hydrogen-bond donors (Lipinski definition) is 2. The zero-order valence-corrected chi connectivity index (χ0v) is 18.7. The second kappa shape index (κ2) is 8.67. The first kappa shape index (κ1) is 21.3. The van der Waals surface area contributed by atoms with Crippen molar-refractivity contribution in [3.63, 3.8) is 0 Å². The van der Waals surface area contributed by atoms with Crippen LogP contribution in [-0.4, -0.2) is 26.5 Å². The molecule has 0 amide bonds. The van der Waals surface area contributed by atoms with Gasteiger partial charge in [-0.05, 0) is 36.5 Å². The maximum Gasteiger partial charge on any atom is 0.229 e. The average molecular weight is 441 g/mol. The Morgan fingerprint density at radius 1 is 1.13 bits per heavy atom. The van der Waals surface area contributed by atoms with Crippen molar-refractivity contribution in [3.05, 3.63) is 77.9 Å². The Kier molecular flexibility index (Phi) is 5.96. The number of rotatable bonds is 9. The Balaban J connectivity index is 1.78. The Labute approximate surface area is 183 Å². The molecule has 164 valence electrons. The molecule has 4 rings (SSSR count). The number of aromatic amines is 1. The highest BCUT2D eigenvalue weighted by atomic mass is 32.2. The van der Waals surface area contributed by atoms with E-state index in [-0.39, 0.29) is 12.2 Å². The van der Waals surface area contributed by atoms with Gasteiger partial charge in [0.15, 0.2) is 0 Å². The van der Waals surface area contributed by atoms with Crippen LogP contribution in [0.2, 0.25) is 0 Å². The van der Waals surface area contributed by atoms with Gasteiger partial charge in [0, 0.05) is 23.4 Å². The third-order valence-electron chi connectivity index (χ3n) is 6.02. The lowest BCUT2D eigenvalue weighted by molar-refractivity contribution is 0.0765. The van der Waals surface area contributed by atoms with E-state index in [0.29, 0.717) is 5.69 Å². The molecule has 0 saturated heterocycles. The number of para-hydroxylation sites is 1. The highest BCUT2D eigenvalue weighted by Crippen LogP contribution is 2.42. The average Bonchev–Trinajstić information content (AvgIpc) is 3.42. The molecule has 0 bridgehead atoms. The van der Waals surface area contributed by atoms with Crippen LogP contribution in [0.15, 0.2) is 66.7 Å². The number of ether oxygens (including phenoxy) is 2. The summed E-state index contributed by atoms with van der Waals surface area (Å²) in [6.45, 7) is 2.49. The molecule has 0 aliphatic carbocycles. The molecule has 0 saturated carbocycles. The number of hydrogen-bond acceptors (Lipinski definition) is 4. The van der Waals surface area contributed by atoms with Crippen molar-refractivity contribution in [1.82, 2.24) is 4.98 Å². The third-order valence-corrected chi connectivity index (χ3v) is 6.61. The summed E-state index contributed by atoms with van der Waals surface area (Å²) < 4.78 is 37.1. The molecule has 31 heavy (non-hydrogen) atoms. The summed E-state index contributed by atoms with van der Waals surface area (Å²) in [5.41, 5.74) is 3.66. The van der Waals surface area contributed by atoms with Crippen LogP contribution in [0.5, 0.6) is 0 Å². The summed E-state index contributed by atoms with van der Waals surface area (Å²) in [4.78, 5) is 3.34. The maximum atomic E-state index is 11.8. The van der Waals surface area contributed by atoms with E-state index < -0.39 is 10.0 Å². The predicted molar refractivity (Wildman–Crippen MR) is 123 cm³/mol. The van der Waals surface area contributed by atoms with E-state index in [1.54, 1.807) is 12.3 Å². The Bertz CT molecular complexity index is 1180. The summed E-state index contributed by atoms with van der Waals surface area (Å²) in [5, 5.41) is 1.03. The second-order valence-electron chi connectivity index (χ2n) is 8.11. The topological polar surface area (TPSA) is 80.4 Å². The molecule has 0 fully saturated rings. The summed E-state index contributed by atoms with van der Waals surface area (Å²) >= 11 is 0. The minimum Gasteiger partial charge on any atom is -0.462 e. The number of allylic oxidation sites excluding steroid dienone is 1. The molecule has 6 nitrogen and oxygen atoms in total. The van der Waals surface area contributed by atoms with Gasteiger partial charge in [-0.1, -0.05) is 49.4 Å². The van der Waals surface area contributed by atoms with E-state index in [9.17, 15) is 8.42 Å². The summed E-state index contributed by atoms with van der Waals surface area (Å²) in [6, 6.07) is 16.2. The number of benzene rings is 2. The molecular weight excluding hydrogens is 412 g/mol. The zero-order chi connectivity index (χ0) is 21.9. The first-order valence-electron chi connectivity index (χ1n) is 10.5. The summed E-state index contributed by atoms with van der Waals surface area (Å²) in [6.07, 6.45) is 8.34. The van der Waals surface area contributed by atoms with Gasteiger partial charge in [0.2, 0.25) is 16.8 Å². The number of aromatic nitrogens is 1. The first-order valence-corrected chi connectivity index (χ1v) is 12.3. The maximum absolute atomic E-state index is 11.8. The predicted octanol–water partition coefficient (Wildman–Crippen LogP) is 5.06. The Morgan fingerprint density at radius 2 is 1.94 bits per heavy atom. The van der Waals surface area contributed by atoms with Gasteiger partial charge in [-0.25, -0.2) is 8.42 Å². The zero-order valence-electron chi connectivity index (χ0n) is 17.9. The van der Waals surface area contributed by atoms with Crippen LogP contribution >= 0.6 is 0 Å². The molecule has 2 heterocycles. The fraction of sp³-hybridized carbons (Fsp3) is 0.333. The molecule has 7 heteroatoms. The van der Waals surface area contributed by atoms with Crippen molar-refractivity contribution in [2.24, 2.45) is 0 Å². The largest absolute Gasteiger partial charge is 0.462 e. The van der Waals surface area contributed by atoms with E-state index in [0.717, 1.165) is 42.3 Å². The standard InChI is InChI=1S/C24H28N2O4S/c1-3-24(13-12-19-16-29-17-30-19,14-18-8-5-4-6-9-18)21-15-25-23-20(21)10-7-11-22(23)26-31(2,27)28/h4-11,15-16,25-26H,3,12-14,17H2,1-2H3. The van der Waals surface area contributed by atoms with Crippen molar-refractivity contribution in [1.29, 1.82) is 0 Å². The molecule has 1 atom stereocenters. The van der Waals surface area contributed by atoms with E-state index in [4.69, 9.17) is 9.47 Å². The van der Waals surface area contributed by atoms with Gasteiger partial charge in [-0.15, -0.1) is 0 Å². The van der Waals surface area contributed by atoms with Gasteiger partial charge in [0.25, 0.3) is 0 Å². The van der Waals surface area contributed by atoms with Crippen LogP contribution < -0.4 is 4.72 Å². The summed E-state index contributed by atoms with van der Waals surface area (Å²) in [5.74, 6) is 0.866. The van der Waals surface area contributed by atoms with Crippen LogP contribution in [0.4, 0.5) is 5.69 Å². The molecule has 2 aromatic carbocycles. The first-order chi connectivity index (χ1) is 14.9. The fourth-order valence-corrected chi connectivity index (χ4v) is 5.01. The molecular formula is C24H28N2O4S. The lowest BCUT2D eigenvalue weighted by atomic mass is 9.70. The monoisotopic (exact) mass is 440 g/mol. The van der Waals surface area contributed by atoms with Crippen LogP contribution in [0.25, 0.3) is 10.9 Å². The Hall–Kier alpha value is -2.93. The van der Waals surface area contributed by atoms with E-state index in [2.05, 4.69) is 47.0 Å². The van der Waals surface area contributed by atoms with Crippen molar-refractivity contribution in [2.75, 3.05) is 17.8 Å². The van der Waals surface area contributed by atoms with Crippen LogP contribution in [0.3, 0.4) is 0 Å². The molecule has 2 N–H and O–H groups in total. The molecule has 0 spiro atoms. The van der Waals surface area contributed by atoms with Gasteiger partial charge in [-0.2, -0.15) is 0 Å².